The van der Waals surface area contributed by atoms with Crippen molar-refractivity contribution >= 4 is 16.9 Å². The molecule has 6 nitrogen and oxygen atoms in total. The van der Waals surface area contributed by atoms with Gasteiger partial charge in [0.15, 0.2) is 0 Å². The maximum absolute atomic E-state index is 12.8. The van der Waals surface area contributed by atoms with Crippen molar-refractivity contribution in [2.45, 2.75) is 51.2 Å². The highest BCUT2D eigenvalue weighted by Gasteiger charge is 2.37. The van der Waals surface area contributed by atoms with Gasteiger partial charge in [0.25, 0.3) is 0 Å². The summed E-state index contributed by atoms with van der Waals surface area (Å²) in [5.74, 6) is 1.07. The zero-order chi connectivity index (χ0) is 18.9. The van der Waals surface area contributed by atoms with E-state index in [9.17, 15) is 9.90 Å². The molecule has 0 radical (unpaired) electrons. The van der Waals surface area contributed by atoms with Gasteiger partial charge in [-0.3, -0.25) is 4.79 Å². The third-order valence-corrected chi connectivity index (χ3v) is 6.02. The van der Waals surface area contributed by atoms with Gasteiger partial charge in [-0.05, 0) is 57.8 Å². The van der Waals surface area contributed by atoms with E-state index in [1.165, 1.54) is 12.8 Å². The molecule has 1 atom stereocenters. The smallest absolute Gasteiger partial charge is 0.224 e. The summed E-state index contributed by atoms with van der Waals surface area (Å²) in [5.41, 5.74) is 1.29. The summed E-state index contributed by atoms with van der Waals surface area (Å²) in [6.45, 7) is 6.68. The van der Waals surface area contributed by atoms with E-state index in [2.05, 4.69) is 20.5 Å². The maximum atomic E-state index is 12.8. The molecule has 0 bridgehead atoms. The summed E-state index contributed by atoms with van der Waals surface area (Å²) in [6.07, 6.45) is 4.55. The predicted octanol–water partition coefficient (Wildman–Crippen LogP) is 2.18. The highest BCUT2D eigenvalue weighted by atomic mass is 16.3. The average Bonchev–Trinajstić information content (AvgIpc) is 3.26. The van der Waals surface area contributed by atoms with Crippen LogP contribution in [-0.4, -0.2) is 68.7 Å². The van der Waals surface area contributed by atoms with Gasteiger partial charge in [0.2, 0.25) is 5.91 Å². The van der Waals surface area contributed by atoms with Crippen LogP contribution in [0.1, 0.15) is 37.9 Å². The Kier molecular flexibility index (Phi) is 5.19. The minimum Gasteiger partial charge on any atom is -0.387 e. The van der Waals surface area contributed by atoms with Crippen molar-refractivity contribution in [3.8, 4) is 0 Å². The van der Waals surface area contributed by atoms with E-state index in [0.717, 1.165) is 49.3 Å². The monoisotopic (exact) mass is 370 g/mol. The molecular formula is C21H30N4O2. The maximum Gasteiger partial charge on any atom is 0.224 e. The molecule has 4 rings (SSSR count). The number of piperidine rings is 1. The Morgan fingerprint density at radius 2 is 1.96 bits per heavy atom. The molecule has 0 saturated carbocycles. The van der Waals surface area contributed by atoms with E-state index >= 15 is 0 Å². The lowest BCUT2D eigenvalue weighted by atomic mass is 9.92. The first kappa shape index (κ1) is 18.4. The van der Waals surface area contributed by atoms with Crippen LogP contribution < -0.4 is 0 Å². The molecule has 1 N–H and O–H groups in total. The van der Waals surface area contributed by atoms with Gasteiger partial charge < -0.3 is 19.5 Å². The third-order valence-electron chi connectivity index (χ3n) is 6.02. The van der Waals surface area contributed by atoms with E-state index in [-0.39, 0.29) is 5.91 Å². The molecule has 146 valence electrons. The van der Waals surface area contributed by atoms with Crippen molar-refractivity contribution < 1.29 is 9.90 Å². The van der Waals surface area contributed by atoms with E-state index in [1.54, 1.807) is 0 Å². The zero-order valence-electron chi connectivity index (χ0n) is 16.2. The summed E-state index contributed by atoms with van der Waals surface area (Å²) in [6, 6.07) is 8.04. The number of benzene rings is 1. The van der Waals surface area contributed by atoms with Gasteiger partial charge in [0.05, 0.1) is 23.2 Å². The number of fused-ring (bicyclic) bond motifs is 1. The molecule has 2 saturated heterocycles. The predicted molar refractivity (Wildman–Crippen MR) is 106 cm³/mol. The van der Waals surface area contributed by atoms with Gasteiger partial charge in [-0.15, -0.1) is 0 Å². The molecule has 1 amide bonds. The van der Waals surface area contributed by atoms with Gasteiger partial charge in [0, 0.05) is 26.1 Å². The number of imidazole rings is 1. The number of hydrogen-bond acceptors (Lipinski definition) is 4. The van der Waals surface area contributed by atoms with E-state index in [1.807, 2.05) is 30.0 Å². The van der Waals surface area contributed by atoms with Crippen molar-refractivity contribution in [2.24, 2.45) is 0 Å². The number of carbonyl (C=O) groups is 1. The second-order valence-corrected chi connectivity index (χ2v) is 8.18. The topological polar surface area (TPSA) is 61.6 Å². The molecule has 0 aliphatic carbocycles. The minimum absolute atomic E-state index is 0.131. The molecule has 6 heteroatoms. The molecule has 3 heterocycles. The highest BCUT2D eigenvalue weighted by Crippen LogP contribution is 2.25. The van der Waals surface area contributed by atoms with Crippen molar-refractivity contribution in [2.75, 3.05) is 32.7 Å². The number of para-hydroxylation sites is 2. The summed E-state index contributed by atoms with van der Waals surface area (Å²) in [7, 11) is 0. The Labute approximate surface area is 160 Å². The quantitative estimate of drug-likeness (QED) is 0.876. The van der Waals surface area contributed by atoms with Crippen LogP contribution in [0.5, 0.6) is 0 Å². The Hall–Kier alpha value is -1.92. The van der Waals surface area contributed by atoms with Crippen LogP contribution in [0.2, 0.25) is 0 Å². The Bertz CT molecular complexity index is 812. The molecule has 27 heavy (non-hydrogen) atoms. The van der Waals surface area contributed by atoms with Crippen LogP contribution in [0.4, 0.5) is 0 Å². The number of aromatic nitrogens is 2. The normalized spacial score (nSPS) is 24.0. The van der Waals surface area contributed by atoms with Crippen LogP contribution in [0.3, 0.4) is 0 Å². The molecule has 2 fully saturated rings. The van der Waals surface area contributed by atoms with Gasteiger partial charge in [-0.1, -0.05) is 12.1 Å². The molecule has 0 spiro atoms. The van der Waals surface area contributed by atoms with Gasteiger partial charge in [-0.2, -0.15) is 0 Å². The van der Waals surface area contributed by atoms with Crippen molar-refractivity contribution in [3.63, 3.8) is 0 Å². The molecule has 1 aromatic heterocycles. The third kappa shape index (κ3) is 4.01. The Morgan fingerprint density at radius 3 is 2.78 bits per heavy atom. The summed E-state index contributed by atoms with van der Waals surface area (Å²) in [4.78, 5) is 21.6. The van der Waals surface area contributed by atoms with Crippen LogP contribution >= 0.6 is 0 Å². The summed E-state index contributed by atoms with van der Waals surface area (Å²) < 4.78 is 2.12. The lowest BCUT2D eigenvalue weighted by Gasteiger charge is -2.41. The number of nitrogens with zero attached hydrogens (tertiary/aromatic N) is 4. The first-order valence-electron chi connectivity index (χ1n) is 10.2. The van der Waals surface area contributed by atoms with Gasteiger partial charge in [0.1, 0.15) is 5.82 Å². The molecule has 2 aromatic rings. The summed E-state index contributed by atoms with van der Waals surface area (Å²) in [5, 5.41) is 11.0. The van der Waals surface area contributed by atoms with E-state index in [0.29, 0.717) is 26.1 Å². The molecule has 2 aliphatic heterocycles. The molecule has 1 aromatic carbocycles. The standard InChI is InChI=1S/C21H30N4O2/c1-17-22-18-7-2-3-8-19(18)25(17)14-9-20(26)24-13-6-10-21(27,16-24)15-23-11-4-5-12-23/h2-3,7-8,27H,4-6,9-16H2,1H3. The number of aliphatic hydroxyl groups is 1. The summed E-state index contributed by atoms with van der Waals surface area (Å²) >= 11 is 0. The number of carbonyl (C=O) groups excluding carboxylic acids is 1. The van der Waals surface area contributed by atoms with Gasteiger partial charge in [-0.25, -0.2) is 4.98 Å². The fourth-order valence-electron chi connectivity index (χ4n) is 4.66. The largest absolute Gasteiger partial charge is 0.387 e. The molecule has 2 aliphatic rings. The number of β-amino-alcohol motifs (C(OH)–C–C–N with tert-alkyl or cyclic N) is 1. The highest BCUT2D eigenvalue weighted by molar-refractivity contribution is 5.78. The Balaban J connectivity index is 1.38. The minimum atomic E-state index is -0.754. The van der Waals surface area contributed by atoms with Crippen LogP contribution in [0, 0.1) is 6.92 Å². The number of likely N-dealkylation sites (tertiary alicyclic amines) is 2. The molecular weight excluding hydrogens is 340 g/mol. The van der Waals surface area contributed by atoms with Crippen molar-refractivity contribution in [1.29, 1.82) is 0 Å². The number of aryl methyl sites for hydroxylation is 2. The zero-order valence-corrected chi connectivity index (χ0v) is 16.2. The van der Waals surface area contributed by atoms with Crippen molar-refractivity contribution in [1.82, 2.24) is 19.4 Å². The SMILES string of the molecule is Cc1nc2ccccc2n1CCC(=O)N1CCCC(O)(CN2CCCC2)C1. The fraction of sp³-hybridized carbons (Fsp3) is 0.619. The fourth-order valence-corrected chi connectivity index (χ4v) is 4.66. The van der Waals surface area contributed by atoms with Crippen LogP contribution in [-0.2, 0) is 11.3 Å². The number of hydrogen-bond donors (Lipinski definition) is 1. The van der Waals surface area contributed by atoms with E-state index in [4.69, 9.17) is 0 Å². The lowest BCUT2D eigenvalue weighted by Crippen LogP contribution is -2.55. The average molecular weight is 370 g/mol. The second kappa shape index (κ2) is 7.60. The first-order valence-corrected chi connectivity index (χ1v) is 10.2. The molecule has 1 unspecified atom stereocenters. The number of rotatable bonds is 5. The van der Waals surface area contributed by atoms with Crippen LogP contribution in [0.15, 0.2) is 24.3 Å². The Morgan fingerprint density at radius 1 is 1.19 bits per heavy atom. The lowest BCUT2D eigenvalue weighted by molar-refractivity contribution is -0.139. The van der Waals surface area contributed by atoms with Gasteiger partial charge >= 0.3 is 0 Å². The number of amides is 1. The van der Waals surface area contributed by atoms with E-state index < -0.39 is 5.60 Å². The first-order chi connectivity index (χ1) is 13.0. The van der Waals surface area contributed by atoms with Crippen LogP contribution in [0.25, 0.3) is 11.0 Å². The second-order valence-electron chi connectivity index (χ2n) is 8.18. The van der Waals surface area contributed by atoms with Crippen molar-refractivity contribution in [3.05, 3.63) is 30.1 Å².